The molecule has 3 N–H and O–H groups in total. The predicted molar refractivity (Wildman–Crippen MR) is 138 cm³/mol. The highest BCUT2D eigenvalue weighted by Crippen LogP contribution is 2.73. The third kappa shape index (κ3) is 3.10. The average Bonchev–Trinajstić information content (AvgIpc) is 3.58. The number of unbranched alkanes of at least 4 members (excludes halogenated alkanes) is 1. The van der Waals surface area contributed by atoms with Crippen LogP contribution in [0.1, 0.15) is 47.4 Å². The summed E-state index contributed by atoms with van der Waals surface area (Å²) >= 11 is 0. The molecule has 2 aliphatic heterocycles. The largest absolute Gasteiger partial charge is 0.485 e. The van der Waals surface area contributed by atoms with E-state index in [1.165, 1.54) is 0 Å². The van der Waals surface area contributed by atoms with Gasteiger partial charge in [0.1, 0.15) is 23.1 Å². The molecule has 0 bridgehead atoms. The van der Waals surface area contributed by atoms with Gasteiger partial charge in [0, 0.05) is 30.6 Å². The zero-order chi connectivity index (χ0) is 25.0. The van der Waals surface area contributed by atoms with Gasteiger partial charge in [-0.1, -0.05) is 61.9 Å². The number of nitrogens with one attached hydrogen (secondary N) is 1. The van der Waals surface area contributed by atoms with Crippen LogP contribution in [0.5, 0.6) is 5.75 Å². The highest BCUT2D eigenvalue weighted by atomic mass is 16.5. The fourth-order valence-corrected chi connectivity index (χ4v) is 5.87. The molecule has 1 unspecified atom stereocenters. The van der Waals surface area contributed by atoms with Gasteiger partial charge in [0.15, 0.2) is 0 Å². The van der Waals surface area contributed by atoms with Crippen molar-refractivity contribution in [3.63, 3.8) is 0 Å². The molecule has 1 aliphatic carbocycles. The van der Waals surface area contributed by atoms with Gasteiger partial charge in [0.2, 0.25) is 5.91 Å². The maximum Gasteiger partial charge on any atom is 0.251 e. The summed E-state index contributed by atoms with van der Waals surface area (Å²) in [7, 11) is 1.74. The van der Waals surface area contributed by atoms with E-state index in [-0.39, 0.29) is 23.8 Å². The van der Waals surface area contributed by atoms with Crippen LogP contribution in [-0.2, 0) is 10.2 Å². The normalized spacial score (nSPS) is 23.5. The molecular formula is C30H29N3O3. The topological polar surface area (TPSA) is 84.7 Å². The predicted octanol–water partition coefficient (Wildman–Crippen LogP) is 4.53. The number of carbonyl (C=O) groups excluding carboxylic acids is 2. The molecular weight excluding hydrogens is 450 g/mol. The van der Waals surface area contributed by atoms with Gasteiger partial charge in [-0.25, -0.2) is 0 Å². The molecule has 36 heavy (non-hydrogen) atoms. The van der Waals surface area contributed by atoms with Crippen LogP contribution in [0.3, 0.4) is 0 Å². The van der Waals surface area contributed by atoms with E-state index in [9.17, 15) is 9.59 Å². The Morgan fingerprint density at radius 3 is 2.61 bits per heavy atom. The van der Waals surface area contributed by atoms with Crippen LogP contribution in [0.25, 0.3) is 11.1 Å². The van der Waals surface area contributed by atoms with Crippen LogP contribution in [-0.4, -0.2) is 30.3 Å². The number of likely N-dealkylation sites (N-methyl/N-ethyl adjacent to an activating group) is 1. The minimum Gasteiger partial charge on any atom is -0.485 e. The number of nitrogens with two attached hydrogens (primary N) is 1. The summed E-state index contributed by atoms with van der Waals surface area (Å²) < 4.78 is 6.52. The van der Waals surface area contributed by atoms with E-state index >= 15 is 0 Å². The fraction of sp³-hybridized carbons (Fsp3) is 0.267. The molecule has 1 saturated carbocycles. The first kappa shape index (κ1) is 22.4. The molecule has 1 spiro atoms. The van der Waals surface area contributed by atoms with Crippen molar-refractivity contribution in [1.29, 1.82) is 0 Å². The van der Waals surface area contributed by atoms with E-state index in [0.717, 1.165) is 40.7 Å². The van der Waals surface area contributed by atoms with Crippen molar-refractivity contribution < 1.29 is 14.3 Å². The van der Waals surface area contributed by atoms with E-state index < -0.39 is 5.41 Å². The lowest BCUT2D eigenvalue weighted by Crippen LogP contribution is -2.39. The molecule has 0 saturated heterocycles. The van der Waals surface area contributed by atoms with Crippen molar-refractivity contribution in [1.82, 2.24) is 10.2 Å². The summed E-state index contributed by atoms with van der Waals surface area (Å²) in [6.07, 6.45) is 1.71. The molecule has 3 aliphatic rings. The summed E-state index contributed by atoms with van der Waals surface area (Å²) in [5.41, 5.74) is 10.9. The second-order valence-corrected chi connectivity index (χ2v) is 9.80. The number of nitrogens with zero attached hydrogens (tertiary/aromatic N) is 1. The second-order valence-electron chi connectivity index (χ2n) is 9.80. The van der Waals surface area contributed by atoms with Crippen LogP contribution >= 0.6 is 0 Å². The molecule has 6 heteroatoms. The molecule has 3 atom stereocenters. The highest BCUT2D eigenvalue weighted by Gasteiger charge is 2.77. The lowest BCUT2D eigenvalue weighted by atomic mass is 9.84. The summed E-state index contributed by atoms with van der Waals surface area (Å²) in [6, 6.07) is 23.6. The first-order valence-corrected chi connectivity index (χ1v) is 12.5. The summed E-state index contributed by atoms with van der Waals surface area (Å²) in [5, 5.41) is 2.98. The lowest BCUT2D eigenvalue weighted by molar-refractivity contribution is -0.131. The van der Waals surface area contributed by atoms with Gasteiger partial charge in [0.05, 0.1) is 0 Å². The van der Waals surface area contributed by atoms with E-state index in [4.69, 9.17) is 10.5 Å². The van der Waals surface area contributed by atoms with Gasteiger partial charge in [-0.15, -0.1) is 0 Å². The fourth-order valence-electron chi connectivity index (χ4n) is 5.87. The van der Waals surface area contributed by atoms with Crippen LogP contribution in [0.15, 0.2) is 84.2 Å². The monoisotopic (exact) mass is 479 g/mol. The Kier molecular flexibility index (Phi) is 5.14. The van der Waals surface area contributed by atoms with Crippen molar-refractivity contribution in [3.8, 4) is 16.9 Å². The van der Waals surface area contributed by atoms with Crippen molar-refractivity contribution in [2.24, 2.45) is 11.7 Å². The molecule has 3 aromatic rings. The molecule has 1 fully saturated rings. The van der Waals surface area contributed by atoms with Crippen molar-refractivity contribution in [2.45, 2.75) is 31.3 Å². The van der Waals surface area contributed by atoms with Crippen LogP contribution in [0.4, 0.5) is 0 Å². The molecule has 182 valence electrons. The summed E-state index contributed by atoms with van der Waals surface area (Å²) in [4.78, 5) is 27.9. The Bertz CT molecular complexity index is 1410. The van der Waals surface area contributed by atoms with Crippen molar-refractivity contribution >= 4 is 11.8 Å². The molecule has 2 heterocycles. The van der Waals surface area contributed by atoms with Gasteiger partial charge in [0.25, 0.3) is 5.91 Å². The maximum absolute atomic E-state index is 13.7. The first-order valence-electron chi connectivity index (χ1n) is 12.5. The number of fused-ring (bicyclic) bond motifs is 2. The molecule has 6 nitrogen and oxygen atoms in total. The molecule has 3 aromatic carbocycles. The smallest absolute Gasteiger partial charge is 0.251 e. The third-order valence-electron chi connectivity index (χ3n) is 7.76. The third-order valence-corrected chi connectivity index (χ3v) is 7.76. The minimum absolute atomic E-state index is 0.00770. The van der Waals surface area contributed by atoms with E-state index in [0.29, 0.717) is 23.7 Å². The molecule has 0 aromatic heterocycles. The average molecular weight is 480 g/mol. The zero-order valence-corrected chi connectivity index (χ0v) is 20.5. The first-order chi connectivity index (χ1) is 17.5. The van der Waals surface area contributed by atoms with E-state index in [1.54, 1.807) is 11.9 Å². The Labute approximate surface area is 210 Å². The van der Waals surface area contributed by atoms with Gasteiger partial charge in [-0.05, 0) is 52.9 Å². The standard InChI is InChI=1S/C30H29N3O3/c1-3-4-15-32-28(34)21-12-8-11-19(16-21)20-13-14-23-22(17-20)30-24(25(30)27(31)33(2)29(30)35)26(36-23)18-9-6-5-7-10-18/h5-14,16-17,24,26H,3-4,15,31H2,1-2H3,(H,32,34)/t24?,26-,30-/m0/s1. The number of ether oxygens (including phenoxy) is 1. The Morgan fingerprint density at radius 2 is 1.83 bits per heavy atom. The second kappa shape index (κ2) is 8.26. The quantitative estimate of drug-likeness (QED) is 0.509. The van der Waals surface area contributed by atoms with Gasteiger partial charge in [-0.2, -0.15) is 0 Å². The Hall–Kier alpha value is -4.06. The van der Waals surface area contributed by atoms with Crippen LogP contribution in [0, 0.1) is 5.92 Å². The molecule has 0 radical (unpaired) electrons. The van der Waals surface area contributed by atoms with Crippen molar-refractivity contribution in [3.05, 3.63) is 101 Å². The SMILES string of the molecule is CCCCNC(=O)c1cccc(-c2ccc3c(c2)[C@@]24C(=O)N(C)C(N)=C2C4[C@H](c2ccccc2)O3)c1. The summed E-state index contributed by atoms with van der Waals surface area (Å²) in [5.74, 6) is 1.01. The number of carbonyl (C=O) groups is 2. The number of hydrogen-bond acceptors (Lipinski definition) is 4. The maximum atomic E-state index is 13.7. The van der Waals surface area contributed by atoms with Gasteiger partial charge in [-0.3, -0.25) is 9.59 Å². The lowest BCUT2D eigenvalue weighted by Gasteiger charge is -2.32. The van der Waals surface area contributed by atoms with Crippen LogP contribution in [0.2, 0.25) is 0 Å². The molecule has 6 rings (SSSR count). The van der Waals surface area contributed by atoms with Gasteiger partial charge < -0.3 is 20.7 Å². The summed E-state index contributed by atoms with van der Waals surface area (Å²) in [6.45, 7) is 2.76. The Balaban J connectivity index is 1.41. The van der Waals surface area contributed by atoms with E-state index in [2.05, 4.69) is 12.2 Å². The number of hydrogen-bond donors (Lipinski definition) is 2. The molecule has 2 amide bonds. The number of rotatable bonds is 6. The van der Waals surface area contributed by atoms with E-state index in [1.807, 2.05) is 72.8 Å². The Morgan fingerprint density at radius 1 is 1.06 bits per heavy atom. The highest BCUT2D eigenvalue weighted by molar-refractivity contribution is 6.05. The zero-order valence-electron chi connectivity index (χ0n) is 20.5. The number of amides is 2. The minimum atomic E-state index is -0.794. The van der Waals surface area contributed by atoms with Crippen LogP contribution < -0.4 is 15.8 Å². The van der Waals surface area contributed by atoms with Crippen molar-refractivity contribution in [2.75, 3.05) is 13.6 Å². The number of benzene rings is 3. The van der Waals surface area contributed by atoms with Gasteiger partial charge >= 0.3 is 0 Å².